The van der Waals surface area contributed by atoms with Gasteiger partial charge in [-0.3, -0.25) is 0 Å². The van der Waals surface area contributed by atoms with E-state index < -0.39 is 21.8 Å². The maximum absolute atomic E-state index is 12.0. The predicted molar refractivity (Wildman–Crippen MR) is 101 cm³/mol. The molecule has 142 valence electrons. The Morgan fingerprint density at radius 2 is 1.96 bits per heavy atom. The normalized spacial score (nSPS) is 14.7. The van der Waals surface area contributed by atoms with Gasteiger partial charge in [-0.2, -0.15) is 0 Å². The molecule has 1 aliphatic heterocycles. The Morgan fingerprint density at radius 1 is 1.33 bits per heavy atom. The third kappa shape index (κ3) is 5.49. The molecule has 0 atom stereocenters. The van der Waals surface area contributed by atoms with Gasteiger partial charge >= 0.3 is 35.5 Å². The fourth-order valence-electron chi connectivity index (χ4n) is 2.89. The molecular formula is C17H20ClN2NaO5S. The van der Waals surface area contributed by atoms with Crippen molar-refractivity contribution < 1.29 is 52.1 Å². The summed E-state index contributed by atoms with van der Waals surface area (Å²) in [6.07, 6.45) is 3.54. The summed E-state index contributed by atoms with van der Waals surface area (Å²) in [4.78, 5) is 15.8. The molecule has 0 saturated carbocycles. The number of ether oxygens (including phenoxy) is 1. The first-order chi connectivity index (χ1) is 12.2. The Labute approximate surface area is 186 Å². The van der Waals surface area contributed by atoms with Crippen molar-refractivity contribution in [2.75, 3.05) is 35.8 Å². The summed E-state index contributed by atoms with van der Waals surface area (Å²) in [7, 11) is -3.03. The first-order valence-electron chi connectivity index (χ1n) is 7.96. The summed E-state index contributed by atoms with van der Waals surface area (Å²) in [6.45, 7) is 6.57. The zero-order chi connectivity index (χ0) is 19.5. The molecule has 0 fully saturated rings. The van der Waals surface area contributed by atoms with E-state index in [0.717, 1.165) is 11.5 Å². The van der Waals surface area contributed by atoms with E-state index in [-0.39, 0.29) is 53.1 Å². The van der Waals surface area contributed by atoms with Crippen molar-refractivity contribution in [3.8, 4) is 0 Å². The van der Waals surface area contributed by atoms with Gasteiger partial charge in [-0.25, -0.2) is 13.2 Å². The molecule has 0 N–H and O–H groups in total. The summed E-state index contributed by atoms with van der Waals surface area (Å²) < 4.78 is 37.5. The topological polar surface area (TPSA) is 90.0 Å². The molecule has 2 rings (SSSR count). The molecule has 0 saturated heterocycles. The minimum Gasteiger partial charge on any atom is -0.748 e. The number of halogens is 1. The number of fused-ring (bicyclic) bond motifs is 1. The van der Waals surface area contributed by atoms with Crippen molar-refractivity contribution in [2.45, 2.75) is 13.3 Å². The van der Waals surface area contributed by atoms with E-state index in [9.17, 15) is 17.8 Å². The Kier molecular flexibility index (Phi) is 8.85. The van der Waals surface area contributed by atoms with Crippen LogP contribution in [0.25, 0.3) is 0 Å². The van der Waals surface area contributed by atoms with Crippen molar-refractivity contribution in [3.05, 3.63) is 47.3 Å². The van der Waals surface area contributed by atoms with Crippen LogP contribution in [0.4, 0.5) is 11.4 Å². The molecule has 0 spiro atoms. The third-order valence-electron chi connectivity index (χ3n) is 3.96. The van der Waals surface area contributed by atoms with E-state index in [1.807, 2.05) is 16.7 Å². The van der Waals surface area contributed by atoms with E-state index in [2.05, 4.69) is 6.58 Å². The first kappa shape index (κ1) is 24.0. The number of carbonyl (C=O) groups is 1. The molecule has 1 aliphatic rings. The molecule has 1 aromatic rings. The maximum Gasteiger partial charge on any atom is 1.00 e. The molecule has 0 amide bonds. The minimum atomic E-state index is -4.30. The van der Waals surface area contributed by atoms with Gasteiger partial charge in [0, 0.05) is 18.8 Å². The van der Waals surface area contributed by atoms with Gasteiger partial charge in [-0.05, 0) is 31.6 Å². The minimum absolute atomic E-state index is 0. The number of methoxy groups -OCH3 is 1. The van der Waals surface area contributed by atoms with Crippen molar-refractivity contribution in [1.29, 1.82) is 0 Å². The average molecular weight is 423 g/mol. The number of benzene rings is 1. The molecule has 0 bridgehead atoms. The Bertz CT molecular complexity index is 857. The van der Waals surface area contributed by atoms with Gasteiger partial charge in [-0.1, -0.05) is 24.3 Å². The van der Waals surface area contributed by atoms with Gasteiger partial charge in [-0.15, -0.1) is 0 Å². The summed E-state index contributed by atoms with van der Waals surface area (Å²) in [5, 5.41) is 0.260. The molecule has 1 heterocycles. The van der Waals surface area contributed by atoms with Gasteiger partial charge in [0.05, 0.1) is 39.2 Å². The molecule has 10 heteroatoms. The molecule has 1 aromatic carbocycles. The molecule has 0 aromatic heterocycles. The second-order valence-corrected chi connectivity index (χ2v) is 7.51. The second kappa shape index (κ2) is 9.95. The van der Waals surface area contributed by atoms with Gasteiger partial charge in [0.15, 0.2) is 0 Å². The van der Waals surface area contributed by atoms with E-state index >= 15 is 0 Å². The van der Waals surface area contributed by atoms with E-state index in [1.165, 1.54) is 7.11 Å². The SMILES string of the molecule is C=CC=C1N(CC)c2cc(Cl)c(C(=O)OC)cc2N1CCCS(=O)(=O)[O-].[Na+]. The van der Waals surface area contributed by atoms with Gasteiger partial charge in [0.25, 0.3) is 0 Å². The number of hydrogen-bond donors (Lipinski definition) is 0. The van der Waals surface area contributed by atoms with Crippen molar-refractivity contribution in [2.24, 2.45) is 0 Å². The number of anilines is 2. The molecule has 7 nitrogen and oxygen atoms in total. The summed E-state index contributed by atoms with van der Waals surface area (Å²) in [6, 6.07) is 3.29. The zero-order valence-electron chi connectivity index (χ0n) is 15.6. The van der Waals surface area contributed by atoms with Crippen LogP contribution in [0.3, 0.4) is 0 Å². The fraction of sp³-hybridized carbons (Fsp3) is 0.353. The summed E-state index contributed by atoms with van der Waals surface area (Å²) in [5.41, 5.74) is 1.68. The van der Waals surface area contributed by atoms with Crippen LogP contribution in [0.15, 0.2) is 36.7 Å². The molecule has 0 aliphatic carbocycles. The van der Waals surface area contributed by atoms with Gasteiger partial charge < -0.3 is 19.1 Å². The van der Waals surface area contributed by atoms with E-state index in [4.69, 9.17) is 16.3 Å². The Morgan fingerprint density at radius 3 is 2.48 bits per heavy atom. The van der Waals surface area contributed by atoms with Crippen LogP contribution in [-0.4, -0.2) is 44.9 Å². The van der Waals surface area contributed by atoms with Crippen LogP contribution in [0.2, 0.25) is 5.02 Å². The average Bonchev–Trinajstić information content (AvgIpc) is 2.85. The molecular weight excluding hydrogens is 403 g/mol. The van der Waals surface area contributed by atoms with Crippen LogP contribution in [0.5, 0.6) is 0 Å². The largest absolute Gasteiger partial charge is 1.00 e. The van der Waals surface area contributed by atoms with Crippen LogP contribution >= 0.6 is 11.6 Å². The van der Waals surface area contributed by atoms with E-state index in [0.29, 0.717) is 12.2 Å². The number of hydrogen-bond acceptors (Lipinski definition) is 7. The Hall–Kier alpha value is -1.03. The smallest absolute Gasteiger partial charge is 0.748 e. The monoisotopic (exact) mass is 422 g/mol. The van der Waals surface area contributed by atoms with Crippen LogP contribution in [0.1, 0.15) is 23.7 Å². The van der Waals surface area contributed by atoms with E-state index in [1.54, 1.807) is 24.3 Å². The number of carbonyl (C=O) groups excluding carboxylic acids is 1. The quantitative estimate of drug-likeness (QED) is 0.340. The van der Waals surface area contributed by atoms with Gasteiger partial charge in [0.2, 0.25) is 0 Å². The maximum atomic E-state index is 12.0. The Balaban J connectivity index is 0.00000364. The third-order valence-corrected chi connectivity index (χ3v) is 5.06. The zero-order valence-corrected chi connectivity index (χ0v) is 19.1. The summed E-state index contributed by atoms with van der Waals surface area (Å²) in [5.74, 6) is -0.271. The molecule has 0 radical (unpaired) electrons. The standard InChI is InChI=1S/C17H21ClN2O5S.Na/c1-4-7-16-19(5-2)15-11-13(18)12(17(21)25-3)10-14(15)20(16)8-6-9-26(22,23)24;/h4,7,10-11H,1,5-6,8-9H2,2-3H3,(H,22,23,24);/q;+1/p-1. The fourth-order valence-corrected chi connectivity index (χ4v) is 3.61. The van der Waals surface area contributed by atoms with Crippen molar-refractivity contribution in [3.63, 3.8) is 0 Å². The van der Waals surface area contributed by atoms with Crippen LogP contribution in [-0.2, 0) is 14.9 Å². The molecule has 0 unspecified atom stereocenters. The number of nitrogens with zero attached hydrogens (tertiary/aromatic N) is 2. The predicted octanol–water partition coefficient (Wildman–Crippen LogP) is -0.260. The molecule has 27 heavy (non-hydrogen) atoms. The van der Waals surface area contributed by atoms with Gasteiger partial charge in [0.1, 0.15) is 5.82 Å². The van der Waals surface area contributed by atoms with Crippen LogP contribution in [0, 0.1) is 0 Å². The first-order valence-corrected chi connectivity index (χ1v) is 9.92. The number of esters is 1. The number of rotatable bonds is 7. The van der Waals surface area contributed by atoms with Crippen LogP contribution < -0.4 is 39.4 Å². The van der Waals surface area contributed by atoms with Crippen molar-refractivity contribution in [1.82, 2.24) is 0 Å². The second-order valence-electron chi connectivity index (χ2n) is 5.58. The van der Waals surface area contributed by atoms with Crippen molar-refractivity contribution >= 4 is 39.1 Å². The summed E-state index contributed by atoms with van der Waals surface area (Å²) >= 11 is 6.23. The number of allylic oxidation sites excluding steroid dienone is 2.